The molecule has 0 aromatic heterocycles. The van der Waals surface area contributed by atoms with E-state index < -0.39 is 11.6 Å². The first-order chi connectivity index (χ1) is 2.00. The highest BCUT2D eigenvalue weighted by Crippen LogP contribution is 2.54. The van der Waals surface area contributed by atoms with Crippen molar-refractivity contribution in [2.45, 2.75) is 0 Å². The normalized spacial score (nSPS) is 12.7. The molecule has 0 aliphatic heterocycles. The molecule has 0 aliphatic rings. The molecule has 3 radical (unpaired) electrons. The van der Waals surface area contributed by atoms with Crippen molar-refractivity contribution < 1.29 is 15.5 Å². The lowest BCUT2D eigenvalue weighted by atomic mass is 10.8. The van der Waals surface area contributed by atoms with Gasteiger partial charge in [0.2, 0.25) is 0 Å². The van der Waals surface area contributed by atoms with Crippen molar-refractivity contribution in [3.05, 3.63) is 0 Å². The van der Waals surface area contributed by atoms with E-state index in [1.54, 1.807) is 0 Å². The molecule has 0 unspecified atom stereocenters. The highest BCUT2D eigenvalue weighted by Gasteiger charge is 2.16. The fourth-order valence-electron chi connectivity index (χ4n) is 0. The molecule has 0 atom stereocenters. The second-order valence-corrected chi connectivity index (χ2v) is 1.05. The van der Waals surface area contributed by atoms with Gasteiger partial charge < -0.3 is 0 Å². The maximum absolute atomic E-state index is 9.77. The molecular weight excluding hydrogens is 119 g/mol. The van der Waals surface area contributed by atoms with Gasteiger partial charge in [-0.05, 0) is 0 Å². The van der Waals surface area contributed by atoms with E-state index in [0.29, 0.717) is 0 Å². The molecule has 6 heavy (non-hydrogen) atoms. The summed E-state index contributed by atoms with van der Waals surface area (Å²) in [6.45, 7) is 0. The molecule has 0 saturated heterocycles. The van der Waals surface area contributed by atoms with Gasteiger partial charge in [0.15, 0.2) is 0 Å². The zero-order valence-corrected chi connectivity index (χ0v) is 3.31. The SMILES string of the molecule is FS(F)(F)F.[B]. The number of halogens is 4. The maximum Gasteiger partial charge on any atom is 0.379 e. The van der Waals surface area contributed by atoms with E-state index >= 15 is 0 Å². The molecule has 0 bridgehead atoms. The standard InChI is InChI=1S/B.F4S/c;1-5(2,3)4. The smallest absolute Gasteiger partial charge is 0.0947 e. The molecule has 0 aromatic carbocycles. The number of hydrogen-bond donors (Lipinski definition) is 0. The molecule has 0 amide bonds. The summed E-state index contributed by atoms with van der Waals surface area (Å²) < 4.78 is 39.1. The summed E-state index contributed by atoms with van der Waals surface area (Å²) in [6.07, 6.45) is 0. The molecule has 0 rings (SSSR count). The minimum atomic E-state index is -6.17. The monoisotopic (exact) mass is 119 g/mol. The quantitative estimate of drug-likeness (QED) is 0.337. The highest BCUT2D eigenvalue weighted by molar-refractivity contribution is 8.16. The van der Waals surface area contributed by atoms with Crippen molar-refractivity contribution in [3.8, 4) is 0 Å². The second kappa shape index (κ2) is 2.33. The molecular formula is BF4S. The van der Waals surface area contributed by atoms with Crippen LogP contribution in [0.2, 0.25) is 0 Å². The first-order valence-corrected chi connectivity index (χ1v) is 1.85. The number of hydrogen-bond acceptors (Lipinski definition) is 0. The summed E-state index contributed by atoms with van der Waals surface area (Å²) >= 11 is -6.17. The zero-order chi connectivity index (χ0) is 4.50. The van der Waals surface area contributed by atoms with Gasteiger partial charge in [0, 0.05) is 8.41 Å². The Hall–Kier alpha value is 0.135. The fraction of sp³-hybridized carbons (Fsp3) is 0. The lowest BCUT2D eigenvalue weighted by Gasteiger charge is -1.87. The van der Waals surface area contributed by atoms with Gasteiger partial charge in [-0.15, -0.1) is 0 Å². The van der Waals surface area contributed by atoms with Crippen LogP contribution in [-0.2, 0) is 0 Å². The van der Waals surface area contributed by atoms with E-state index in [1.165, 1.54) is 0 Å². The van der Waals surface area contributed by atoms with Crippen molar-refractivity contribution in [1.82, 2.24) is 0 Å². The van der Waals surface area contributed by atoms with Gasteiger partial charge in [0.05, 0.1) is 0 Å². The van der Waals surface area contributed by atoms with Gasteiger partial charge in [0.1, 0.15) is 0 Å². The Bertz CT molecular complexity index is 23.0. The molecule has 0 N–H and O–H groups in total. The summed E-state index contributed by atoms with van der Waals surface area (Å²) in [5.41, 5.74) is 0. The molecule has 0 nitrogen and oxygen atoms in total. The van der Waals surface area contributed by atoms with Crippen molar-refractivity contribution in [2.24, 2.45) is 0 Å². The van der Waals surface area contributed by atoms with E-state index in [4.69, 9.17) is 0 Å². The van der Waals surface area contributed by atoms with Crippen LogP contribution in [-0.4, -0.2) is 8.41 Å². The topological polar surface area (TPSA) is 0 Å². The molecule has 0 heterocycles. The summed E-state index contributed by atoms with van der Waals surface area (Å²) in [4.78, 5) is 0. The predicted molar refractivity (Wildman–Crippen MR) is 17.8 cm³/mol. The molecule has 0 saturated carbocycles. The molecule has 6 heteroatoms. The molecule has 37 valence electrons. The fourth-order valence-corrected chi connectivity index (χ4v) is 0. The maximum atomic E-state index is 9.77. The third kappa shape index (κ3) is 2230. The average molecular weight is 119 g/mol. The van der Waals surface area contributed by atoms with E-state index in [9.17, 15) is 15.5 Å². The lowest BCUT2D eigenvalue weighted by Crippen LogP contribution is -1.47. The molecule has 0 aliphatic carbocycles. The van der Waals surface area contributed by atoms with Crippen LogP contribution in [0.1, 0.15) is 0 Å². The van der Waals surface area contributed by atoms with Crippen molar-refractivity contribution in [2.75, 3.05) is 0 Å². The Labute approximate surface area is 36.6 Å². The summed E-state index contributed by atoms with van der Waals surface area (Å²) in [6, 6.07) is 0. The first-order valence-electron chi connectivity index (χ1n) is 0.617. The van der Waals surface area contributed by atoms with Crippen LogP contribution < -0.4 is 0 Å². The third-order valence-electron chi connectivity index (χ3n) is 0. The Morgan fingerprint density at radius 2 is 0.833 bits per heavy atom. The van der Waals surface area contributed by atoms with Crippen LogP contribution in [0.25, 0.3) is 0 Å². The molecule has 0 aromatic rings. The van der Waals surface area contributed by atoms with Crippen LogP contribution >= 0.6 is 11.6 Å². The molecule has 0 spiro atoms. The van der Waals surface area contributed by atoms with Crippen LogP contribution in [0.5, 0.6) is 0 Å². The average Bonchev–Trinajstić information content (AvgIpc) is 0.722. The lowest BCUT2D eigenvalue weighted by molar-refractivity contribution is 0.543. The predicted octanol–water partition coefficient (Wildman–Crippen LogP) is 1.95. The van der Waals surface area contributed by atoms with E-state index in [1.807, 2.05) is 0 Å². The van der Waals surface area contributed by atoms with Crippen molar-refractivity contribution in [3.63, 3.8) is 0 Å². The second-order valence-electron chi connectivity index (χ2n) is 0.350. The van der Waals surface area contributed by atoms with Crippen molar-refractivity contribution in [1.29, 1.82) is 0 Å². The largest absolute Gasteiger partial charge is 0.379 e. The van der Waals surface area contributed by atoms with Crippen LogP contribution in [0.15, 0.2) is 0 Å². The first kappa shape index (κ1) is 9.46. The summed E-state index contributed by atoms with van der Waals surface area (Å²) in [7, 11) is 0. The van der Waals surface area contributed by atoms with Gasteiger partial charge in [0.25, 0.3) is 0 Å². The Balaban J connectivity index is 0. The summed E-state index contributed by atoms with van der Waals surface area (Å²) in [5.74, 6) is 0. The number of rotatable bonds is 0. The van der Waals surface area contributed by atoms with E-state index in [-0.39, 0.29) is 8.41 Å². The Kier molecular flexibility index (Phi) is 3.68. The van der Waals surface area contributed by atoms with Gasteiger partial charge in [-0.25, -0.2) is 0 Å². The minimum Gasteiger partial charge on any atom is -0.0947 e. The zero-order valence-electron chi connectivity index (χ0n) is 2.50. The minimum absolute atomic E-state index is 0. The Morgan fingerprint density at radius 1 is 0.833 bits per heavy atom. The van der Waals surface area contributed by atoms with Gasteiger partial charge >= 0.3 is 11.6 Å². The van der Waals surface area contributed by atoms with E-state index in [0.717, 1.165) is 0 Å². The van der Waals surface area contributed by atoms with Crippen LogP contribution in [0.4, 0.5) is 15.5 Å². The van der Waals surface area contributed by atoms with Gasteiger partial charge in [-0.2, -0.15) is 0 Å². The Morgan fingerprint density at radius 3 is 0.833 bits per heavy atom. The van der Waals surface area contributed by atoms with Crippen molar-refractivity contribution >= 4 is 20.0 Å². The van der Waals surface area contributed by atoms with Gasteiger partial charge in [-0.3, -0.25) is 0 Å². The summed E-state index contributed by atoms with van der Waals surface area (Å²) in [5, 5.41) is 0. The highest BCUT2D eigenvalue weighted by atomic mass is 32.4. The van der Waals surface area contributed by atoms with Crippen LogP contribution in [0.3, 0.4) is 0 Å². The van der Waals surface area contributed by atoms with Gasteiger partial charge in [-0.1, -0.05) is 15.5 Å². The molecule has 0 fully saturated rings. The van der Waals surface area contributed by atoms with Crippen LogP contribution in [0, 0.1) is 0 Å². The van der Waals surface area contributed by atoms with E-state index in [2.05, 4.69) is 0 Å². The third-order valence-corrected chi connectivity index (χ3v) is 0.